The van der Waals surface area contributed by atoms with Gasteiger partial charge in [0.25, 0.3) is 0 Å². The normalized spacial score (nSPS) is 15.6. The highest BCUT2D eigenvalue weighted by molar-refractivity contribution is 6.51. The predicted molar refractivity (Wildman–Crippen MR) is 89.2 cm³/mol. The van der Waals surface area contributed by atoms with Gasteiger partial charge in [-0.2, -0.15) is 5.10 Å². The van der Waals surface area contributed by atoms with E-state index in [1.165, 1.54) is 6.42 Å². The lowest BCUT2D eigenvalue weighted by Gasteiger charge is -2.24. The van der Waals surface area contributed by atoms with Crippen molar-refractivity contribution in [2.75, 3.05) is 13.1 Å². The molecule has 0 N–H and O–H groups in total. The van der Waals surface area contributed by atoms with Crippen molar-refractivity contribution in [2.24, 2.45) is 5.10 Å². The lowest BCUT2D eigenvalue weighted by atomic mass is 10.0. The smallest absolute Gasteiger partial charge is 0.213 e. The van der Waals surface area contributed by atoms with Gasteiger partial charge in [-0.15, -0.1) is 0 Å². The Morgan fingerprint density at radius 1 is 0.773 bits per heavy atom. The van der Waals surface area contributed by atoms with E-state index in [2.05, 4.69) is 5.10 Å². The van der Waals surface area contributed by atoms with E-state index in [9.17, 15) is 4.79 Å². The van der Waals surface area contributed by atoms with Crippen LogP contribution in [-0.2, 0) is 0 Å². The van der Waals surface area contributed by atoms with E-state index < -0.39 is 0 Å². The quantitative estimate of drug-likeness (QED) is 0.635. The van der Waals surface area contributed by atoms with Crippen LogP contribution in [0.1, 0.15) is 35.2 Å². The molecule has 0 spiro atoms. The molecule has 2 aromatic rings. The van der Waals surface area contributed by atoms with Crippen LogP contribution in [0, 0.1) is 0 Å². The maximum Gasteiger partial charge on any atom is 0.213 e. The zero-order valence-electron chi connectivity index (χ0n) is 12.6. The van der Waals surface area contributed by atoms with Gasteiger partial charge in [-0.1, -0.05) is 60.7 Å². The Balaban J connectivity index is 1.96. The number of hydrogen-bond donors (Lipinski definition) is 0. The topological polar surface area (TPSA) is 32.7 Å². The van der Waals surface area contributed by atoms with E-state index in [0.29, 0.717) is 11.3 Å². The predicted octanol–water partition coefficient (Wildman–Crippen LogP) is 3.76. The van der Waals surface area contributed by atoms with Crippen LogP contribution >= 0.6 is 0 Å². The largest absolute Gasteiger partial charge is 0.296 e. The van der Waals surface area contributed by atoms with E-state index in [1.54, 1.807) is 0 Å². The van der Waals surface area contributed by atoms with Crippen LogP contribution in [0.5, 0.6) is 0 Å². The first-order valence-electron chi connectivity index (χ1n) is 7.83. The Kier molecular flexibility index (Phi) is 4.64. The third kappa shape index (κ3) is 3.42. The standard InChI is InChI=1S/C19H20N2O/c22-19(17-12-6-2-7-13-17)18(16-10-4-1-5-11-16)20-21-14-8-3-9-15-21/h1-2,4-7,10-13H,3,8-9,14-15H2/b20-18+. The molecule has 1 aliphatic rings. The zero-order chi connectivity index (χ0) is 15.2. The highest BCUT2D eigenvalue weighted by atomic mass is 16.1. The fourth-order valence-electron chi connectivity index (χ4n) is 2.68. The molecule has 22 heavy (non-hydrogen) atoms. The highest BCUT2D eigenvalue weighted by Gasteiger charge is 2.18. The fourth-order valence-corrected chi connectivity index (χ4v) is 2.68. The van der Waals surface area contributed by atoms with Crippen LogP contribution in [0.2, 0.25) is 0 Å². The summed E-state index contributed by atoms with van der Waals surface area (Å²) in [5.74, 6) is -0.0163. The van der Waals surface area contributed by atoms with Gasteiger partial charge in [0, 0.05) is 24.2 Å². The molecule has 0 saturated carbocycles. The molecule has 0 bridgehead atoms. The monoisotopic (exact) mass is 292 g/mol. The van der Waals surface area contributed by atoms with Gasteiger partial charge in [-0.05, 0) is 19.3 Å². The van der Waals surface area contributed by atoms with Crippen LogP contribution in [-0.4, -0.2) is 29.6 Å². The van der Waals surface area contributed by atoms with Crippen LogP contribution in [0.3, 0.4) is 0 Å². The Bertz CT molecular complexity index is 644. The first kappa shape index (κ1) is 14.5. The SMILES string of the molecule is O=C(/C(=N/N1CCCCC1)c1ccccc1)c1ccccc1. The minimum atomic E-state index is -0.0163. The Hall–Kier alpha value is -2.42. The average Bonchev–Trinajstić information content (AvgIpc) is 2.61. The maximum absolute atomic E-state index is 12.9. The van der Waals surface area contributed by atoms with E-state index in [0.717, 1.165) is 31.5 Å². The van der Waals surface area contributed by atoms with Gasteiger partial charge in [0.1, 0.15) is 5.71 Å². The summed E-state index contributed by atoms with van der Waals surface area (Å²) in [5.41, 5.74) is 2.10. The van der Waals surface area contributed by atoms with Crippen LogP contribution in [0.4, 0.5) is 0 Å². The molecule has 0 amide bonds. The molecule has 2 aromatic carbocycles. The summed E-state index contributed by atoms with van der Waals surface area (Å²) in [6.45, 7) is 1.86. The number of hydrogen-bond acceptors (Lipinski definition) is 3. The second kappa shape index (κ2) is 7.03. The Morgan fingerprint density at radius 3 is 1.91 bits per heavy atom. The molecule has 3 rings (SSSR count). The third-order valence-corrected chi connectivity index (χ3v) is 3.87. The van der Waals surface area contributed by atoms with Gasteiger partial charge in [-0.25, -0.2) is 0 Å². The Labute approximate surface area is 131 Å². The highest BCUT2D eigenvalue weighted by Crippen LogP contribution is 2.14. The van der Waals surface area contributed by atoms with Gasteiger partial charge in [0.2, 0.25) is 5.78 Å². The summed E-state index contributed by atoms with van der Waals surface area (Å²) in [7, 11) is 0. The van der Waals surface area contributed by atoms with E-state index in [-0.39, 0.29) is 5.78 Å². The van der Waals surface area contributed by atoms with Crippen molar-refractivity contribution in [2.45, 2.75) is 19.3 Å². The molecule has 1 saturated heterocycles. The number of ketones is 1. The lowest BCUT2D eigenvalue weighted by Crippen LogP contribution is -2.28. The molecule has 1 aliphatic heterocycles. The summed E-state index contributed by atoms with van der Waals surface area (Å²) in [4.78, 5) is 12.9. The maximum atomic E-state index is 12.9. The summed E-state index contributed by atoms with van der Waals surface area (Å²) in [5, 5.41) is 6.72. The minimum Gasteiger partial charge on any atom is -0.296 e. The summed E-state index contributed by atoms with van der Waals surface area (Å²) >= 11 is 0. The summed E-state index contributed by atoms with van der Waals surface area (Å²) in [6.07, 6.45) is 3.54. The van der Waals surface area contributed by atoms with Gasteiger partial charge in [-0.3, -0.25) is 9.80 Å². The van der Waals surface area contributed by atoms with E-state index in [4.69, 9.17) is 0 Å². The molecule has 0 radical (unpaired) electrons. The number of carbonyl (C=O) groups excluding carboxylic acids is 1. The number of rotatable bonds is 4. The number of benzene rings is 2. The van der Waals surface area contributed by atoms with Crippen LogP contribution in [0.25, 0.3) is 0 Å². The van der Waals surface area contributed by atoms with Gasteiger partial charge in [0.15, 0.2) is 0 Å². The molecule has 0 aliphatic carbocycles. The number of carbonyl (C=O) groups is 1. The molecule has 1 fully saturated rings. The fraction of sp³-hybridized carbons (Fsp3) is 0.263. The first-order valence-corrected chi connectivity index (χ1v) is 7.83. The third-order valence-electron chi connectivity index (χ3n) is 3.87. The second-order valence-electron chi connectivity index (χ2n) is 5.52. The molecule has 3 heteroatoms. The molecule has 3 nitrogen and oxygen atoms in total. The minimum absolute atomic E-state index is 0.0163. The summed E-state index contributed by atoms with van der Waals surface area (Å²) in [6, 6.07) is 19.1. The van der Waals surface area contributed by atoms with Crippen molar-refractivity contribution in [1.29, 1.82) is 0 Å². The van der Waals surface area contributed by atoms with Crippen molar-refractivity contribution in [3.05, 3.63) is 71.8 Å². The van der Waals surface area contributed by atoms with Crippen molar-refractivity contribution in [1.82, 2.24) is 5.01 Å². The molecule has 0 unspecified atom stereocenters. The van der Waals surface area contributed by atoms with Crippen LogP contribution in [0.15, 0.2) is 65.8 Å². The molecule has 0 aromatic heterocycles. The number of nitrogens with zero attached hydrogens (tertiary/aromatic N) is 2. The van der Waals surface area contributed by atoms with Crippen molar-refractivity contribution >= 4 is 11.5 Å². The Morgan fingerprint density at radius 2 is 1.32 bits per heavy atom. The van der Waals surface area contributed by atoms with Gasteiger partial charge >= 0.3 is 0 Å². The molecular formula is C19H20N2O. The molecule has 0 atom stereocenters. The second-order valence-corrected chi connectivity index (χ2v) is 5.52. The van der Waals surface area contributed by atoms with Crippen molar-refractivity contribution in [3.8, 4) is 0 Å². The summed E-state index contributed by atoms with van der Waals surface area (Å²) < 4.78 is 0. The number of Topliss-reactive ketones (excluding diaryl/α,β-unsaturated/α-hetero) is 1. The lowest BCUT2D eigenvalue weighted by molar-refractivity contribution is 0.106. The molecular weight excluding hydrogens is 272 g/mol. The van der Waals surface area contributed by atoms with Gasteiger partial charge in [0.05, 0.1) is 0 Å². The number of hydrazone groups is 1. The molecule has 112 valence electrons. The molecule has 1 heterocycles. The van der Waals surface area contributed by atoms with Gasteiger partial charge < -0.3 is 0 Å². The van der Waals surface area contributed by atoms with Crippen molar-refractivity contribution < 1.29 is 4.79 Å². The first-order chi connectivity index (χ1) is 10.8. The number of piperidine rings is 1. The van der Waals surface area contributed by atoms with Crippen LogP contribution < -0.4 is 0 Å². The van der Waals surface area contributed by atoms with E-state index in [1.807, 2.05) is 65.7 Å². The zero-order valence-corrected chi connectivity index (χ0v) is 12.6. The van der Waals surface area contributed by atoms with Crippen molar-refractivity contribution in [3.63, 3.8) is 0 Å². The average molecular weight is 292 g/mol. The van der Waals surface area contributed by atoms with E-state index >= 15 is 0 Å².